The molecule has 6 heteroatoms. The smallest absolute Gasteiger partial charge is 0.264 e. The molecule has 0 amide bonds. The predicted molar refractivity (Wildman–Crippen MR) is 59.0 cm³/mol. The van der Waals surface area contributed by atoms with Gasteiger partial charge in [-0.05, 0) is 11.6 Å². The molecule has 0 aliphatic rings. The molecule has 0 saturated heterocycles. The van der Waals surface area contributed by atoms with Gasteiger partial charge in [0, 0.05) is 10.0 Å². The molecule has 0 spiro atoms. The highest BCUT2D eigenvalue weighted by atomic mass is 79.9. The van der Waals surface area contributed by atoms with Crippen LogP contribution in [0.5, 0.6) is 0 Å². The Hall–Kier alpha value is -1.43. The number of hydrogen-bond acceptors (Lipinski definition) is 3. The van der Waals surface area contributed by atoms with Gasteiger partial charge in [-0.25, -0.2) is 8.78 Å². The summed E-state index contributed by atoms with van der Waals surface area (Å²) in [6.07, 6.45) is -1.07. The number of alkyl halides is 2. The normalized spacial score (nSPS) is 11.0. The molecule has 1 aromatic carbocycles. The maximum atomic E-state index is 12.5. The molecule has 0 aliphatic carbocycles. The van der Waals surface area contributed by atoms with E-state index in [-0.39, 0.29) is 11.4 Å². The van der Waals surface area contributed by atoms with Gasteiger partial charge in [0.05, 0.1) is 11.8 Å². The zero-order valence-corrected chi connectivity index (χ0v) is 9.54. The molecule has 1 heterocycles. The lowest BCUT2D eigenvalue weighted by Crippen LogP contribution is -1.89. The van der Waals surface area contributed by atoms with Crippen molar-refractivity contribution >= 4 is 21.8 Å². The highest BCUT2D eigenvalue weighted by Gasteiger charge is 2.14. The Bertz CT molecular complexity index is 513. The van der Waals surface area contributed by atoms with Gasteiger partial charge >= 0.3 is 0 Å². The molecule has 0 saturated carbocycles. The van der Waals surface area contributed by atoms with Crippen LogP contribution in [0.4, 0.5) is 14.7 Å². The first-order valence-electron chi connectivity index (χ1n) is 4.37. The van der Waals surface area contributed by atoms with Crippen LogP contribution in [0, 0.1) is 0 Å². The van der Waals surface area contributed by atoms with Crippen LogP contribution in [0.2, 0.25) is 0 Å². The van der Waals surface area contributed by atoms with Crippen LogP contribution in [0.25, 0.3) is 11.1 Å². The van der Waals surface area contributed by atoms with Crippen molar-refractivity contribution < 1.29 is 13.3 Å². The topological polar surface area (TPSA) is 52.0 Å². The van der Waals surface area contributed by atoms with Crippen LogP contribution < -0.4 is 5.73 Å². The lowest BCUT2D eigenvalue weighted by molar-refractivity contribution is 0.150. The van der Waals surface area contributed by atoms with E-state index in [1.165, 1.54) is 12.3 Å². The number of nitrogens with zero attached hydrogens (tertiary/aromatic N) is 1. The Labute approximate surface area is 98.4 Å². The van der Waals surface area contributed by atoms with E-state index in [0.29, 0.717) is 15.6 Å². The summed E-state index contributed by atoms with van der Waals surface area (Å²) < 4.78 is 30.0. The van der Waals surface area contributed by atoms with Crippen molar-refractivity contribution in [1.82, 2.24) is 5.16 Å². The second kappa shape index (κ2) is 4.21. The summed E-state index contributed by atoms with van der Waals surface area (Å²) >= 11 is 3.09. The van der Waals surface area contributed by atoms with Crippen molar-refractivity contribution in [2.45, 2.75) is 6.43 Å². The second-order valence-corrected chi connectivity index (χ2v) is 4.00. The molecular formula is C10H7BrF2N2O. The van der Waals surface area contributed by atoms with Crippen molar-refractivity contribution in [3.63, 3.8) is 0 Å². The maximum absolute atomic E-state index is 12.5. The first-order valence-corrected chi connectivity index (χ1v) is 5.17. The molecule has 0 unspecified atom stereocenters. The molecule has 0 atom stereocenters. The number of nitrogen functional groups attached to an aromatic ring is 1. The van der Waals surface area contributed by atoms with E-state index < -0.39 is 6.43 Å². The van der Waals surface area contributed by atoms with Crippen molar-refractivity contribution in [2.75, 3.05) is 5.73 Å². The zero-order valence-electron chi connectivity index (χ0n) is 7.95. The third kappa shape index (κ3) is 1.92. The Morgan fingerprint density at radius 3 is 2.62 bits per heavy atom. The summed E-state index contributed by atoms with van der Waals surface area (Å²) in [6, 6.07) is 4.45. The van der Waals surface area contributed by atoms with Gasteiger partial charge in [0.1, 0.15) is 0 Å². The monoisotopic (exact) mass is 288 g/mol. The Morgan fingerprint density at radius 1 is 1.38 bits per heavy atom. The highest BCUT2D eigenvalue weighted by molar-refractivity contribution is 9.10. The highest BCUT2D eigenvalue weighted by Crippen LogP contribution is 2.33. The Balaban J connectivity index is 2.46. The first kappa shape index (κ1) is 11.1. The molecule has 0 fully saturated rings. The summed E-state index contributed by atoms with van der Waals surface area (Å²) in [5.74, 6) is 0.164. The fourth-order valence-electron chi connectivity index (χ4n) is 1.34. The standard InChI is InChI=1S/C10H7BrF2N2O/c11-8-3-5(1-2-6(8)9(12)13)7-4-15-16-10(7)14/h1-4,9H,14H2. The average Bonchev–Trinajstić information content (AvgIpc) is 2.63. The first-order chi connectivity index (χ1) is 7.59. The third-order valence-electron chi connectivity index (χ3n) is 2.14. The van der Waals surface area contributed by atoms with Crippen LogP contribution in [-0.4, -0.2) is 5.16 Å². The number of rotatable bonds is 2. The summed E-state index contributed by atoms with van der Waals surface area (Å²) in [4.78, 5) is 0. The van der Waals surface area contributed by atoms with E-state index in [9.17, 15) is 8.78 Å². The van der Waals surface area contributed by atoms with E-state index in [4.69, 9.17) is 10.3 Å². The minimum Gasteiger partial charge on any atom is -0.367 e. The SMILES string of the molecule is Nc1oncc1-c1ccc(C(F)F)c(Br)c1. The van der Waals surface area contributed by atoms with Crippen molar-refractivity contribution in [2.24, 2.45) is 0 Å². The number of benzene rings is 1. The summed E-state index contributed by atoms with van der Waals surface area (Å²) in [7, 11) is 0. The fraction of sp³-hybridized carbons (Fsp3) is 0.100. The van der Waals surface area contributed by atoms with Gasteiger partial charge in [-0.3, -0.25) is 0 Å². The van der Waals surface area contributed by atoms with Crippen molar-refractivity contribution in [1.29, 1.82) is 0 Å². The molecule has 0 bridgehead atoms. The Morgan fingerprint density at radius 2 is 2.12 bits per heavy atom. The lowest BCUT2D eigenvalue weighted by atomic mass is 10.1. The summed E-state index contributed by atoms with van der Waals surface area (Å²) in [5, 5.41) is 3.52. The molecular weight excluding hydrogens is 282 g/mol. The molecule has 1 aromatic heterocycles. The van der Waals surface area contributed by atoms with Crippen molar-refractivity contribution in [3.8, 4) is 11.1 Å². The molecule has 3 nitrogen and oxygen atoms in total. The van der Waals surface area contributed by atoms with Gasteiger partial charge in [0.25, 0.3) is 6.43 Å². The van der Waals surface area contributed by atoms with Crippen LogP contribution in [0.15, 0.2) is 33.4 Å². The minimum atomic E-state index is -2.51. The fourth-order valence-corrected chi connectivity index (χ4v) is 1.89. The molecule has 2 rings (SSSR count). The summed E-state index contributed by atoms with van der Waals surface area (Å²) in [6.45, 7) is 0. The van der Waals surface area contributed by atoms with Crippen molar-refractivity contribution in [3.05, 3.63) is 34.4 Å². The Kier molecular flexibility index (Phi) is 2.91. The number of aromatic nitrogens is 1. The minimum absolute atomic E-state index is 0.0567. The summed E-state index contributed by atoms with van der Waals surface area (Å²) in [5.41, 5.74) is 6.73. The van der Waals surface area contributed by atoms with E-state index >= 15 is 0 Å². The number of halogens is 3. The second-order valence-electron chi connectivity index (χ2n) is 3.14. The van der Waals surface area contributed by atoms with E-state index in [0.717, 1.165) is 0 Å². The van der Waals surface area contributed by atoms with E-state index in [1.54, 1.807) is 12.1 Å². The number of anilines is 1. The predicted octanol–water partition coefficient (Wildman–Crippen LogP) is 3.62. The van der Waals surface area contributed by atoms with E-state index in [1.807, 2.05) is 0 Å². The van der Waals surface area contributed by atoms with Crippen LogP contribution in [0.1, 0.15) is 12.0 Å². The average molecular weight is 289 g/mol. The van der Waals surface area contributed by atoms with Gasteiger partial charge in [0.15, 0.2) is 0 Å². The van der Waals surface area contributed by atoms with Gasteiger partial charge in [-0.2, -0.15) is 0 Å². The number of nitrogens with two attached hydrogens (primary N) is 1. The quantitative estimate of drug-likeness (QED) is 0.918. The number of hydrogen-bond donors (Lipinski definition) is 1. The lowest BCUT2D eigenvalue weighted by Gasteiger charge is -2.05. The van der Waals surface area contributed by atoms with Gasteiger partial charge in [-0.15, -0.1) is 0 Å². The largest absolute Gasteiger partial charge is 0.367 e. The molecule has 0 radical (unpaired) electrons. The molecule has 84 valence electrons. The third-order valence-corrected chi connectivity index (χ3v) is 2.83. The molecule has 16 heavy (non-hydrogen) atoms. The maximum Gasteiger partial charge on any atom is 0.264 e. The molecule has 2 N–H and O–H groups in total. The zero-order chi connectivity index (χ0) is 11.7. The van der Waals surface area contributed by atoms with Gasteiger partial charge in [0.2, 0.25) is 5.88 Å². The van der Waals surface area contributed by atoms with Gasteiger partial charge in [-0.1, -0.05) is 33.2 Å². The van der Waals surface area contributed by atoms with Crippen LogP contribution in [-0.2, 0) is 0 Å². The van der Waals surface area contributed by atoms with E-state index in [2.05, 4.69) is 21.1 Å². The van der Waals surface area contributed by atoms with Crippen LogP contribution >= 0.6 is 15.9 Å². The van der Waals surface area contributed by atoms with Crippen LogP contribution in [0.3, 0.4) is 0 Å². The molecule has 0 aliphatic heterocycles. The molecule has 2 aromatic rings. The van der Waals surface area contributed by atoms with Gasteiger partial charge < -0.3 is 10.3 Å².